The number of thiophene rings is 5. The summed E-state index contributed by atoms with van der Waals surface area (Å²) in [6, 6.07) is 71.1. The first-order valence-corrected chi connectivity index (χ1v) is 48.6. The molecule has 0 aliphatic carbocycles. The van der Waals surface area contributed by atoms with Gasteiger partial charge in [-0.15, -0.1) is 82.2 Å². The normalized spacial score (nSPS) is 12.4. The molecule has 22 rings (SSSR count). The fourth-order valence-electron chi connectivity index (χ4n) is 16.3. The quantitative estimate of drug-likeness (QED) is 0.0325. The van der Waals surface area contributed by atoms with Crippen LogP contribution in [0.15, 0.2) is 225 Å². The van der Waals surface area contributed by atoms with E-state index < -0.39 is 0 Å². The summed E-state index contributed by atoms with van der Waals surface area (Å²) in [5.74, 6) is 4.44. The van der Waals surface area contributed by atoms with Crippen molar-refractivity contribution in [2.45, 2.75) is 87.5 Å². The van der Waals surface area contributed by atoms with E-state index in [4.69, 9.17) is 57.4 Å². The summed E-state index contributed by atoms with van der Waals surface area (Å²) < 4.78 is 16.0. The zero-order valence-corrected chi connectivity index (χ0v) is 79.3. The van der Waals surface area contributed by atoms with Crippen LogP contribution in [0.3, 0.4) is 0 Å². The standard InChI is InChI=1S/C24H22N4S.C20H21N5OS.C19H19ClN4OS.C19H20N4OS.C19H20N4S/c1-14-9-10-19(11-15(14)2)26-23-16(3)17(4)24-25-13-20(28(24)27-23)22-12-18-7-5-6-8-21(18)29-22;26-12-11-23-7-9-24(10-8-23)20-6-5-19-21-14-16(25(19)22-20)18-13-15-3-1-2-4-17(15)27-18;1-12-14-10-13(20)4-5-16(14)26-19(12)15-11-22-18-7-6-17(23-24(15)18)21-8-2-3-9-25;1-13-19(16-12-14-6-2-3-7-15(14)25-16)23-18(21-13)9-8-17(22-23)20-10-4-5-11-24;1-4-11-22(3)18-10-9-17-20-13(2)19(23(17)21-18)16-12-14-7-5-6-8-15(14)24-16/h5-13H,1-4H3,(H,26,27);1-6,13-14,26H,7-12H2;4-7,10-11,25H,2-3,8-9H2,1H3,(H,21,23);2-3,6-9,12,24H,4-5,10-11H2,1H3,(H,20,22);5-10,12H,4,11H2,1-3H3. The summed E-state index contributed by atoms with van der Waals surface area (Å²) in [6.07, 6.45) is 10.2. The molecule has 131 heavy (non-hydrogen) atoms. The molecule has 0 spiro atoms. The highest BCUT2D eigenvalue weighted by Gasteiger charge is 2.24. The minimum Gasteiger partial charge on any atom is -0.396 e. The molecule has 0 atom stereocenters. The monoisotopic (exact) mass is 1850 g/mol. The maximum absolute atomic E-state index is 9.11. The molecule has 0 unspecified atom stereocenters. The minimum atomic E-state index is 0.217. The molecule has 16 heterocycles. The summed E-state index contributed by atoms with van der Waals surface area (Å²) >= 11 is 15.0. The van der Waals surface area contributed by atoms with Crippen molar-refractivity contribution in [3.8, 4) is 52.9 Å². The van der Waals surface area contributed by atoms with Crippen molar-refractivity contribution in [3.05, 3.63) is 269 Å². The van der Waals surface area contributed by atoms with Gasteiger partial charge in [0.1, 0.15) is 51.7 Å². The summed E-state index contributed by atoms with van der Waals surface area (Å²) in [5.41, 5.74) is 18.6. The number of aryl methyl sites for hydroxylation is 6. The average Bonchev–Trinajstić information content (AvgIpc) is 1.63. The number of aliphatic hydroxyl groups is 3. The molecule has 24 nitrogen and oxygen atoms in total. The number of benzene rings is 6. The van der Waals surface area contributed by atoms with Crippen LogP contribution >= 0.6 is 68.3 Å². The molecule has 6 aromatic carbocycles. The minimum absolute atomic E-state index is 0.217. The van der Waals surface area contributed by atoms with E-state index >= 15 is 0 Å². The number of hydrogen-bond donors (Lipinski definition) is 6. The van der Waals surface area contributed by atoms with Gasteiger partial charge >= 0.3 is 0 Å². The number of halogens is 1. The number of rotatable bonds is 23. The predicted molar refractivity (Wildman–Crippen MR) is 546 cm³/mol. The Morgan fingerprint density at radius 2 is 0.939 bits per heavy atom. The maximum atomic E-state index is 9.11. The number of anilines is 6. The summed E-state index contributed by atoms with van der Waals surface area (Å²) in [7, 11) is 2.08. The van der Waals surface area contributed by atoms with Crippen LogP contribution in [0.2, 0.25) is 5.02 Å². The fourth-order valence-corrected chi connectivity index (χ4v) is 22.0. The number of piperazine rings is 1. The number of unbranched alkanes of at least 4 members (excludes halogenated alkanes) is 2. The van der Waals surface area contributed by atoms with Gasteiger partial charge in [-0.2, -0.15) is 0 Å². The van der Waals surface area contributed by atoms with Crippen molar-refractivity contribution < 1.29 is 15.3 Å². The smallest absolute Gasteiger partial charge is 0.157 e. The van der Waals surface area contributed by atoms with Crippen LogP contribution < -0.4 is 25.8 Å². The number of hydrogen-bond acceptors (Lipinski definition) is 24. The molecule has 666 valence electrons. The molecule has 1 aliphatic rings. The van der Waals surface area contributed by atoms with Crippen LogP contribution in [0.4, 0.5) is 34.8 Å². The molecule has 21 aromatic rings. The molecule has 0 saturated carbocycles. The van der Waals surface area contributed by atoms with Crippen LogP contribution in [-0.2, 0) is 0 Å². The Balaban J connectivity index is 0.000000110. The zero-order chi connectivity index (χ0) is 90.3. The molecular formula is C101H102ClN21O3S5. The lowest BCUT2D eigenvalue weighted by Gasteiger charge is -2.34. The van der Waals surface area contributed by atoms with Crippen LogP contribution in [-0.4, -0.2) is 172 Å². The van der Waals surface area contributed by atoms with Gasteiger partial charge in [0.15, 0.2) is 34.1 Å². The van der Waals surface area contributed by atoms with Gasteiger partial charge in [0.25, 0.3) is 0 Å². The van der Waals surface area contributed by atoms with E-state index in [0.717, 1.165) is 208 Å². The molecule has 1 saturated heterocycles. The highest BCUT2D eigenvalue weighted by atomic mass is 35.5. The number of fused-ring (bicyclic) bond motifs is 10. The van der Waals surface area contributed by atoms with Crippen molar-refractivity contribution in [2.24, 2.45) is 0 Å². The zero-order valence-electron chi connectivity index (χ0n) is 74.5. The average molecular weight is 1850 g/mol. The molecule has 6 N–H and O–H groups in total. The topological polar surface area (TPSA) is 257 Å². The first-order valence-electron chi connectivity index (χ1n) is 44.2. The molecule has 30 heteroatoms. The van der Waals surface area contributed by atoms with Gasteiger partial charge < -0.3 is 41.1 Å². The molecule has 0 bridgehead atoms. The van der Waals surface area contributed by atoms with E-state index in [1.54, 1.807) is 56.7 Å². The molecule has 0 radical (unpaired) electrons. The van der Waals surface area contributed by atoms with E-state index in [0.29, 0.717) is 0 Å². The van der Waals surface area contributed by atoms with E-state index in [2.05, 4.69) is 264 Å². The van der Waals surface area contributed by atoms with Crippen LogP contribution in [0.5, 0.6) is 0 Å². The fraction of sp³-hybridized carbons (Fsp3) is 0.248. The Hall–Kier alpha value is -12.7. The van der Waals surface area contributed by atoms with Crippen LogP contribution in [0.1, 0.15) is 78.2 Å². The van der Waals surface area contributed by atoms with Crippen molar-refractivity contribution in [3.63, 3.8) is 0 Å². The van der Waals surface area contributed by atoms with Gasteiger partial charge in [0, 0.05) is 118 Å². The second-order valence-electron chi connectivity index (χ2n) is 32.7. The van der Waals surface area contributed by atoms with Gasteiger partial charge in [-0.1, -0.05) is 97.4 Å². The van der Waals surface area contributed by atoms with Gasteiger partial charge in [-0.3, -0.25) is 4.90 Å². The molecule has 0 amide bonds. The van der Waals surface area contributed by atoms with Gasteiger partial charge in [-0.05, 0) is 252 Å². The predicted octanol–water partition coefficient (Wildman–Crippen LogP) is 22.9. The number of nitrogens with zero attached hydrogens (tertiary/aromatic N) is 18. The lowest BCUT2D eigenvalue weighted by molar-refractivity contribution is 0.188. The number of aromatic nitrogens is 15. The largest absolute Gasteiger partial charge is 0.396 e. The van der Waals surface area contributed by atoms with E-state index in [1.165, 1.54) is 86.6 Å². The highest BCUT2D eigenvalue weighted by Crippen LogP contribution is 2.43. The van der Waals surface area contributed by atoms with Gasteiger partial charge in [0.05, 0.1) is 61.0 Å². The lowest BCUT2D eigenvalue weighted by atomic mass is 10.1. The Bertz CT molecular complexity index is 7500. The summed E-state index contributed by atoms with van der Waals surface area (Å²) in [5, 5.41) is 68.0. The van der Waals surface area contributed by atoms with E-state index in [9.17, 15) is 0 Å². The Morgan fingerprint density at radius 3 is 1.50 bits per heavy atom. The van der Waals surface area contributed by atoms with Crippen LogP contribution in [0, 0.1) is 48.5 Å². The first-order chi connectivity index (χ1) is 63.9. The van der Waals surface area contributed by atoms with Crippen molar-refractivity contribution in [2.75, 3.05) is 105 Å². The maximum Gasteiger partial charge on any atom is 0.157 e. The Morgan fingerprint density at radius 1 is 0.427 bits per heavy atom. The number of aliphatic hydroxyl groups excluding tert-OH is 3. The van der Waals surface area contributed by atoms with Gasteiger partial charge in [-0.25, -0.2) is 47.5 Å². The van der Waals surface area contributed by atoms with Crippen molar-refractivity contribution in [1.29, 1.82) is 0 Å². The van der Waals surface area contributed by atoms with E-state index in [-0.39, 0.29) is 19.8 Å². The SMILES string of the molecule is CCCN(C)c1ccc2nc(C)c(-c3cc4ccccc4s3)n2n1.Cc1c(-c2cnc3ccc(NCCCCO)nn23)sc2ccc(Cl)cc12.Cc1ccc(Nc2nn3c(-c4cc5ccccc5s4)cnc3c(C)c2C)cc1C.Cc1nc2ccc(NCCCCO)nn2c1-c1cc2ccccc2s1.OCCN1CCN(c2ccc3ncc(-c4cc5ccccc5s4)n3n2)CC1. The highest BCUT2D eigenvalue weighted by molar-refractivity contribution is 7.23. The molecule has 15 aromatic heterocycles. The second kappa shape index (κ2) is 40.0. The number of imidazole rings is 5. The molecule has 1 aliphatic heterocycles. The first kappa shape index (κ1) is 89.0. The van der Waals surface area contributed by atoms with Gasteiger partial charge in [0.2, 0.25) is 0 Å². The molecule has 1 fully saturated rings. The number of nitrogens with one attached hydrogen (secondary N) is 3. The van der Waals surface area contributed by atoms with E-state index in [1.807, 2.05) is 96.6 Å². The van der Waals surface area contributed by atoms with Crippen LogP contribution in [0.25, 0.3) is 132 Å². The Labute approximate surface area is 783 Å². The third-order valence-electron chi connectivity index (χ3n) is 23.6. The molecular weight excluding hydrogens is 1750 g/mol. The summed E-state index contributed by atoms with van der Waals surface area (Å²) in [4.78, 5) is 35.7. The number of β-amino-alcohol motifs (C(OH)–C–C–N with tert-alkyl or cyclic N) is 1. The third-order valence-corrected chi connectivity index (χ3v) is 29.7. The Kier molecular flexibility index (Phi) is 27.1. The van der Waals surface area contributed by atoms with Crippen molar-refractivity contribution in [1.82, 2.24) is 77.9 Å². The second-order valence-corrected chi connectivity index (χ2v) is 38.5. The summed E-state index contributed by atoms with van der Waals surface area (Å²) in [6.45, 7) is 24.6. The van der Waals surface area contributed by atoms with Crippen molar-refractivity contribution >= 4 is 182 Å². The third kappa shape index (κ3) is 19.3. The lowest BCUT2D eigenvalue weighted by Crippen LogP contribution is -2.47.